The van der Waals surface area contributed by atoms with Gasteiger partial charge in [-0.3, -0.25) is 9.69 Å². The van der Waals surface area contributed by atoms with Crippen molar-refractivity contribution in [2.24, 2.45) is 0 Å². The van der Waals surface area contributed by atoms with Crippen molar-refractivity contribution in [2.75, 3.05) is 13.1 Å². The number of β-amino-alcohol motifs (C(OH)–C–C–N with tert-alkyl or cyclic N) is 1. The zero-order valence-electron chi connectivity index (χ0n) is 14.5. The molecular weight excluding hydrogens is 334 g/mol. The topological polar surface area (TPSA) is 65.5 Å². The van der Waals surface area contributed by atoms with E-state index in [1.807, 2.05) is 23.0 Å². The molecule has 1 amide bonds. The van der Waals surface area contributed by atoms with Crippen LogP contribution in [0, 0.1) is 6.92 Å². The van der Waals surface area contributed by atoms with Crippen LogP contribution in [0.25, 0.3) is 0 Å². The first-order valence-corrected chi connectivity index (χ1v) is 9.67. The fourth-order valence-electron chi connectivity index (χ4n) is 3.27. The number of carbonyl (C=O) groups excluding carboxylic acids is 1. The molecule has 0 aliphatic carbocycles. The number of hydrogen-bond donors (Lipinski definition) is 2. The smallest absolute Gasteiger partial charge is 0.220 e. The number of aromatic nitrogens is 1. The Balaban J connectivity index is 1.44. The summed E-state index contributed by atoms with van der Waals surface area (Å²) >= 11 is 1.59. The molecule has 5 nitrogen and oxygen atoms in total. The standard InChI is InChI=1S/C19H25N3O2S/c1-14-4-2-3-5-15(14)6-7-19(24)21-17-8-9-22(11-18(17)23)10-16-12-25-13-20-16/h2-5,12-13,17-18,23H,6-11H2,1H3,(H,21,24)/t17-,18-/m1/s1. The van der Waals surface area contributed by atoms with Crippen molar-refractivity contribution in [1.29, 1.82) is 0 Å². The predicted molar refractivity (Wildman–Crippen MR) is 99.4 cm³/mol. The van der Waals surface area contributed by atoms with E-state index in [9.17, 15) is 9.90 Å². The van der Waals surface area contributed by atoms with E-state index in [1.54, 1.807) is 11.3 Å². The summed E-state index contributed by atoms with van der Waals surface area (Å²) in [6.45, 7) is 4.25. The number of aliphatic hydroxyl groups excluding tert-OH is 1. The third-order valence-corrected chi connectivity index (χ3v) is 5.40. The molecule has 1 aromatic heterocycles. The van der Waals surface area contributed by atoms with Gasteiger partial charge in [-0.15, -0.1) is 11.3 Å². The highest BCUT2D eigenvalue weighted by molar-refractivity contribution is 7.07. The van der Waals surface area contributed by atoms with E-state index in [-0.39, 0.29) is 11.9 Å². The third-order valence-electron chi connectivity index (χ3n) is 4.76. The minimum Gasteiger partial charge on any atom is -0.390 e. The van der Waals surface area contributed by atoms with Crippen LogP contribution < -0.4 is 5.32 Å². The van der Waals surface area contributed by atoms with E-state index >= 15 is 0 Å². The number of carbonyl (C=O) groups is 1. The van der Waals surface area contributed by atoms with Gasteiger partial charge in [0.05, 0.1) is 23.4 Å². The summed E-state index contributed by atoms with van der Waals surface area (Å²) in [7, 11) is 0. The number of nitrogens with one attached hydrogen (secondary N) is 1. The first kappa shape index (κ1) is 18.0. The van der Waals surface area contributed by atoms with Crippen LogP contribution >= 0.6 is 11.3 Å². The Labute approximate surface area is 152 Å². The predicted octanol–water partition coefficient (Wildman–Crippen LogP) is 2.14. The van der Waals surface area contributed by atoms with Crippen LogP contribution in [0.1, 0.15) is 29.7 Å². The van der Waals surface area contributed by atoms with Gasteiger partial charge in [0.2, 0.25) is 5.91 Å². The lowest BCUT2D eigenvalue weighted by molar-refractivity contribution is -0.123. The first-order valence-electron chi connectivity index (χ1n) is 8.73. The van der Waals surface area contributed by atoms with Gasteiger partial charge in [-0.2, -0.15) is 0 Å². The van der Waals surface area contributed by atoms with Crippen molar-refractivity contribution in [2.45, 2.75) is 44.9 Å². The van der Waals surface area contributed by atoms with E-state index in [2.05, 4.69) is 34.3 Å². The average molecular weight is 359 g/mol. The molecule has 6 heteroatoms. The lowest BCUT2D eigenvalue weighted by Gasteiger charge is -2.36. The number of benzene rings is 1. The van der Waals surface area contributed by atoms with Gasteiger partial charge in [0, 0.05) is 31.4 Å². The molecule has 25 heavy (non-hydrogen) atoms. The van der Waals surface area contributed by atoms with E-state index in [1.165, 1.54) is 11.1 Å². The van der Waals surface area contributed by atoms with Crippen LogP contribution in [-0.2, 0) is 17.8 Å². The monoisotopic (exact) mass is 359 g/mol. The van der Waals surface area contributed by atoms with Crippen molar-refractivity contribution < 1.29 is 9.90 Å². The van der Waals surface area contributed by atoms with E-state index in [4.69, 9.17) is 0 Å². The molecule has 0 unspecified atom stereocenters. The molecule has 0 radical (unpaired) electrons. The molecule has 0 saturated carbocycles. The molecule has 2 N–H and O–H groups in total. The molecule has 1 aliphatic rings. The molecule has 0 bridgehead atoms. The van der Waals surface area contributed by atoms with Crippen LogP contribution in [0.4, 0.5) is 0 Å². The zero-order chi connectivity index (χ0) is 17.6. The summed E-state index contributed by atoms with van der Waals surface area (Å²) in [5, 5.41) is 15.4. The number of amides is 1. The third kappa shape index (κ3) is 5.11. The molecule has 3 rings (SSSR count). The number of aryl methyl sites for hydroxylation is 2. The SMILES string of the molecule is Cc1ccccc1CCC(=O)N[C@@H]1CCN(Cc2cscn2)C[C@H]1O. The molecule has 134 valence electrons. The summed E-state index contributed by atoms with van der Waals surface area (Å²) in [6.07, 6.45) is 1.42. The van der Waals surface area contributed by atoms with E-state index in [0.29, 0.717) is 13.0 Å². The Bertz CT molecular complexity index is 690. The van der Waals surface area contributed by atoms with Crippen LogP contribution in [-0.4, -0.2) is 46.1 Å². The molecule has 1 aromatic carbocycles. The number of thiazole rings is 1. The Morgan fingerprint density at radius 2 is 2.28 bits per heavy atom. The normalized spacial score (nSPS) is 21.2. The van der Waals surface area contributed by atoms with E-state index in [0.717, 1.165) is 31.6 Å². The fraction of sp³-hybridized carbons (Fsp3) is 0.474. The Hall–Kier alpha value is -1.76. The molecule has 2 atom stereocenters. The molecule has 1 fully saturated rings. The lowest BCUT2D eigenvalue weighted by Crippen LogP contribution is -2.53. The highest BCUT2D eigenvalue weighted by Gasteiger charge is 2.28. The van der Waals surface area contributed by atoms with Gasteiger partial charge in [-0.1, -0.05) is 24.3 Å². The van der Waals surface area contributed by atoms with Gasteiger partial charge in [-0.05, 0) is 30.9 Å². The zero-order valence-corrected chi connectivity index (χ0v) is 15.3. The number of piperidine rings is 1. The Morgan fingerprint density at radius 3 is 3.00 bits per heavy atom. The van der Waals surface area contributed by atoms with Crippen LogP contribution in [0.15, 0.2) is 35.2 Å². The molecule has 1 aliphatic heterocycles. The van der Waals surface area contributed by atoms with Crippen molar-refractivity contribution in [3.63, 3.8) is 0 Å². The molecule has 2 heterocycles. The molecule has 1 saturated heterocycles. The number of aliphatic hydroxyl groups is 1. The number of nitrogens with zero attached hydrogens (tertiary/aromatic N) is 2. The Kier molecular flexibility index (Phi) is 6.18. The maximum atomic E-state index is 12.2. The highest BCUT2D eigenvalue weighted by atomic mass is 32.1. The second-order valence-corrected chi connectivity index (χ2v) is 7.39. The maximum Gasteiger partial charge on any atom is 0.220 e. The fourth-order valence-corrected chi connectivity index (χ4v) is 3.82. The van der Waals surface area contributed by atoms with Crippen molar-refractivity contribution in [1.82, 2.24) is 15.2 Å². The second kappa shape index (κ2) is 8.56. The summed E-state index contributed by atoms with van der Waals surface area (Å²) in [5.74, 6) is 0.0141. The van der Waals surface area contributed by atoms with Gasteiger partial charge >= 0.3 is 0 Å². The summed E-state index contributed by atoms with van der Waals surface area (Å²) < 4.78 is 0. The largest absolute Gasteiger partial charge is 0.390 e. The molecule has 0 spiro atoms. The highest BCUT2D eigenvalue weighted by Crippen LogP contribution is 2.15. The van der Waals surface area contributed by atoms with Crippen LogP contribution in [0.5, 0.6) is 0 Å². The quantitative estimate of drug-likeness (QED) is 0.829. The number of rotatable bonds is 6. The van der Waals surface area contributed by atoms with Gasteiger partial charge < -0.3 is 10.4 Å². The minimum atomic E-state index is -0.533. The van der Waals surface area contributed by atoms with Gasteiger partial charge in [0.25, 0.3) is 0 Å². The second-order valence-electron chi connectivity index (χ2n) is 6.67. The molecule has 2 aromatic rings. The summed E-state index contributed by atoms with van der Waals surface area (Å²) in [4.78, 5) is 18.7. The van der Waals surface area contributed by atoms with Gasteiger partial charge in [-0.25, -0.2) is 4.98 Å². The average Bonchev–Trinajstić information content (AvgIpc) is 3.10. The maximum absolute atomic E-state index is 12.2. The van der Waals surface area contributed by atoms with Crippen molar-refractivity contribution >= 4 is 17.2 Å². The molecular formula is C19H25N3O2S. The first-order chi connectivity index (χ1) is 12.1. The van der Waals surface area contributed by atoms with Crippen LogP contribution in [0.3, 0.4) is 0 Å². The van der Waals surface area contributed by atoms with Gasteiger partial charge in [0.15, 0.2) is 0 Å². The Morgan fingerprint density at radius 1 is 1.44 bits per heavy atom. The van der Waals surface area contributed by atoms with E-state index < -0.39 is 6.10 Å². The van der Waals surface area contributed by atoms with Crippen molar-refractivity contribution in [3.05, 3.63) is 52.0 Å². The van der Waals surface area contributed by atoms with Crippen molar-refractivity contribution in [3.8, 4) is 0 Å². The van der Waals surface area contributed by atoms with Gasteiger partial charge in [0.1, 0.15) is 0 Å². The minimum absolute atomic E-state index is 0.0141. The van der Waals surface area contributed by atoms with Crippen LogP contribution in [0.2, 0.25) is 0 Å². The summed E-state index contributed by atoms with van der Waals surface area (Å²) in [5.41, 5.74) is 5.28. The number of likely N-dealkylation sites (tertiary alicyclic amines) is 1. The summed E-state index contributed by atoms with van der Waals surface area (Å²) in [6, 6.07) is 7.98. The lowest BCUT2D eigenvalue weighted by atomic mass is 10.0. The number of hydrogen-bond acceptors (Lipinski definition) is 5.